The van der Waals surface area contributed by atoms with Crippen LogP contribution in [0.4, 0.5) is 0 Å². The summed E-state index contributed by atoms with van der Waals surface area (Å²) in [6.45, 7) is 7.09. The highest BCUT2D eigenvalue weighted by Crippen LogP contribution is 2.09. The summed E-state index contributed by atoms with van der Waals surface area (Å²) < 4.78 is 5.31. The minimum absolute atomic E-state index is 0.836. The predicted molar refractivity (Wildman–Crippen MR) is 69.9 cm³/mol. The number of hydrogen-bond acceptors (Lipinski definition) is 4. The van der Waals surface area contributed by atoms with Gasteiger partial charge in [-0.15, -0.1) is 0 Å². The van der Waals surface area contributed by atoms with Crippen molar-refractivity contribution in [2.75, 3.05) is 32.8 Å². The first kappa shape index (κ1) is 14.5. The van der Waals surface area contributed by atoms with Gasteiger partial charge in [-0.2, -0.15) is 0 Å². The van der Waals surface area contributed by atoms with Crippen molar-refractivity contribution in [2.45, 2.75) is 45.4 Å². The Morgan fingerprint density at radius 3 is 2.53 bits per heavy atom. The van der Waals surface area contributed by atoms with Gasteiger partial charge in [-0.1, -0.05) is 18.0 Å². The molecule has 1 heterocycles. The van der Waals surface area contributed by atoms with Crippen molar-refractivity contribution >= 4 is 5.71 Å². The summed E-state index contributed by atoms with van der Waals surface area (Å²) in [5.41, 5.74) is 0.956. The van der Waals surface area contributed by atoms with Crippen LogP contribution in [0.15, 0.2) is 5.16 Å². The zero-order valence-corrected chi connectivity index (χ0v) is 11.0. The van der Waals surface area contributed by atoms with E-state index in [0.717, 1.165) is 44.9 Å². The van der Waals surface area contributed by atoms with Crippen molar-refractivity contribution in [2.24, 2.45) is 5.16 Å². The van der Waals surface area contributed by atoms with Crippen LogP contribution < -0.4 is 0 Å². The van der Waals surface area contributed by atoms with Crippen LogP contribution in [0, 0.1) is 0 Å². The summed E-state index contributed by atoms with van der Waals surface area (Å²) in [6, 6.07) is 0. The standard InChI is InChI=1S/C13H26N2O2/c1-2-17-12-6-4-3-5-9-15-10-7-13(14-16)8-11-15/h16H,2-12H2,1H3. The Balaban J connectivity index is 1.90. The molecule has 1 fully saturated rings. The van der Waals surface area contributed by atoms with Gasteiger partial charge >= 0.3 is 0 Å². The number of unbranched alkanes of at least 4 members (excludes halogenated alkanes) is 3. The molecule has 0 spiro atoms. The molecular formula is C13H26N2O2. The molecule has 0 bridgehead atoms. The maximum absolute atomic E-state index is 8.65. The molecule has 0 amide bonds. The fourth-order valence-electron chi connectivity index (χ4n) is 2.17. The average Bonchev–Trinajstić information content (AvgIpc) is 2.38. The van der Waals surface area contributed by atoms with Gasteiger partial charge in [-0.3, -0.25) is 0 Å². The molecule has 0 radical (unpaired) electrons. The van der Waals surface area contributed by atoms with Crippen LogP contribution in [-0.2, 0) is 4.74 Å². The fourth-order valence-corrected chi connectivity index (χ4v) is 2.17. The van der Waals surface area contributed by atoms with Crippen LogP contribution in [0.2, 0.25) is 0 Å². The molecule has 4 nitrogen and oxygen atoms in total. The van der Waals surface area contributed by atoms with Gasteiger partial charge in [0.05, 0.1) is 5.71 Å². The van der Waals surface area contributed by atoms with Crippen molar-refractivity contribution in [1.29, 1.82) is 0 Å². The summed E-state index contributed by atoms with van der Waals surface area (Å²) in [4.78, 5) is 2.47. The molecular weight excluding hydrogens is 216 g/mol. The molecule has 0 atom stereocenters. The second-order valence-electron chi connectivity index (χ2n) is 4.62. The second kappa shape index (κ2) is 9.42. The highest BCUT2D eigenvalue weighted by molar-refractivity contribution is 5.84. The molecule has 0 aliphatic carbocycles. The van der Waals surface area contributed by atoms with E-state index in [1.807, 2.05) is 6.92 Å². The Morgan fingerprint density at radius 2 is 1.88 bits per heavy atom. The van der Waals surface area contributed by atoms with Gasteiger partial charge in [0.15, 0.2) is 0 Å². The first-order valence-electron chi connectivity index (χ1n) is 6.86. The lowest BCUT2D eigenvalue weighted by Crippen LogP contribution is -2.34. The second-order valence-corrected chi connectivity index (χ2v) is 4.62. The Morgan fingerprint density at radius 1 is 1.18 bits per heavy atom. The Hall–Kier alpha value is -0.610. The minimum Gasteiger partial charge on any atom is -0.411 e. The number of nitrogens with zero attached hydrogens (tertiary/aromatic N) is 2. The molecule has 0 aromatic heterocycles. The first-order valence-corrected chi connectivity index (χ1v) is 6.86. The third kappa shape index (κ3) is 6.64. The van der Waals surface area contributed by atoms with Crippen LogP contribution in [0.1, 0.15) is 45.4 Å². The summed E-state index contributed by atoms with van der Waals surface area (Å²) in [7, 11) is 0. The highest BCUT2D eigenvalue weighted by Gasteiger charge is 2.14. The lowest BCUT2D eigenvalue weighted by molar-refractivity contribution is 0.142. The van der Waals surface area contributed by atoms with Gasteiger partial charge in [-0.25, -0.2) is 0 Å². The quantitative estimate of drug-likeness (QED) is 0.404. The third-order valence-electron chi connectivity index (χ3n) is 3.29. The van der Waals surface area contributed by atoms with E-state index in [1.165, 1.54) is 32.2 Å². The number of likely N-dealkylation sites (tertiary alicyclic amines) is 1. The van der Waals surface area contributed by atoms with E-state index < -0.39 is 0 Å². The molecule has 0 aromatic carbocycles. The molecule has 0 unspecified atom stereocenters. The SMILES string of the molecule is CCOCCCCCCN1CCC(=NO)CC1. The predicted octanol–water partition coefficient (Wildman–Crippen LogP) is 2.51. The molecule has 0 saturated carbocycles. The molecule has 1 saturated heterocycles. The molecule has 100 valence electrons. The maximum atomic E-state index is 8.65. The van der Waals surface area contributed by atoms with Crippen LogP contribution >= 0.6 is 0 Å². The van der Waals surface area contributed by atoms with Crippen LogP contribution in [-0.4, -0.2) is 48.7 Å². The van der Waals surface area contributed by atoms with Crippen molar-refractivity contribution < 1.29 is 9.94 Å². The number of oxime groups is 1. The summed E-state index contributed by atoms with van der Waals surface area (Å²) >= 11 is 0. The van der Waals surface area contributed by atoms with Crippen LogP contribution in [0.5, 0.6) is 0 Å². The molecule has 1 aliphatic heterocycles. The lowest BCUT2D eigenvalue weighted by atomic mass is 10.1. The third-order valence-corrected chi connectivity index (χ3v) is 3.29. The highest BCUT2D eigenvalue weighted by atomic mass is 16.5. The number of ether oxygens (including phenoxy) is 1. The van der Waals surface area contributed by atoms with Gasteiger partial charge in [0.1, 0.15) is 0 Å². The van der Waals surface area contributed by atoms with Crippen molar-refractivity contribution in [3.63, 3.8) is 0 Å². The van der Waals surface area contributed by atoms with E-state index in [2.05, 4.69) is 10.1 Å². The zero-order chi connectivity index (χ0) is 12.3. The topological polar surface area (TPSA) is 45.1 Å². The maximum Gasteiger partial charge on any atom is 0.0596 e. The van der Waals surface area contributed by atoms with Gasteiger partial charge in [0, 0.05) is 39.1 Å². The Bertz CT molecular complexity index is 209. The molecule has 1 N–H and O–H groups in total. The number of piperidine rings is 1. The molecule has 0 aromatic rings. The minimum atomic E-state index is 0.836. The van der Waals surface area contributed by atoms with E-state index >= 15 is 0 Å². The Kier molecular flexibility index (Phi) is 8.01. The van der Waals surface area contributed by atoms with E-state index in [0.29, 0.717) is 0 Å². The van der Waals surface area contributed by atoms with Crippen molar-refractivity contribution in [1.82, 2.24) is 4.90 Å². The summed E-state index contributed by atoms with van der Waals surface area (Å²) in [6.07, 6.45) is 6.90. The van der Waals surface area contributed by atoms with E-state index in [9.17, 15) is 0 Å². The first-order chi connectivity index (χ1) is 8.36. The largest absolute Gasteiger partial charge is 0.411 e. The number of rotatable bonds is 8. The number of hydrogen-bond donors (Lipinski definition) is 1. The van der Waals surface area contributed by atoms with Gasteiger partial charge in [0.25, 0.3) is 0 Å². The normalized spacial score (nSPS) is 17.4. The molecule has 1 rings (SSSR count). The smallest absolute Gasteiger partial charge is 0.0596 e. The zero-order valence-electron chi connectivity index (χ0n) is 11.0. The summed E-state index contributed by atoms with van der Waals surface area (Å²) in [5, 5.41) is 11.9. The summed E-state index contributed by atoms with van der Waals surface area (Å²) in [5.74, 6) is 0. The monoisotopic (exact) mass is 242 g/mol. The van der Waals surface area contributed by atoms with E-state index in [1.54, 1.807) is 0 Å². The van der Waals surface area contributed by atoms with Gasteiger partial charge < -0.3 is 14.8 Å². The van der Waals surface area contributed by atoms with Crippen LogP contribution in [0.25, 0.3) is 0 Å². The Labute approximate surface area is 105 Å². The van der Waals surface area contributed by atoms with E-state index in [-0.39, 0.29) is 0 Å². The van der Waals surface area contributed by atoms with Gasteiger partial charge in [-0.05, 0) is 26.3 Å². The van der Waals surface area contributed by atoms with Gasteiger partial charge in [0.2, 0.25) is 0 Å². The average molecular weight is 242 g/mol. The van der Waals surface area contributed by atoms with Crippen molar-refractivity contribution in [3.05, 3.63) is 0 Å². The molecule has 4 heteroatoms. The lowest BCUT2D eigenvalue weighted by Gasteiger charge is -2.26. The molecule has 17 heavy (non-hydrogen) atoms. The van der Waals surface area contributed by atoms with Crippen molar-refractivity contribution in [3.8, 4) is 0 Å². The molecule has 1 aliphatic rings. The van der Waals surface area contributed by atoms with Crippen LogP contribution in [0.3, 0.4) is 0 Å². The fraction of sp³-hybridized carbons (Fsp3) is 0.923. The van der Waals surface area contributed by atoms with E-state index in [4.69, 9.17) is 9.94 Å².